The van der Waals surface area contributed by atoms with Gasteiger partial charge in [0.05, 0.1) is 10.8 Å². The van der Waals surface area contributed by atoms with E-state index in [1.54, 1.807) is 0 Å². The van der Waals surface area contributed by atoms with Gasteiger partial charge in [0, 0.05) is 0 Å². The fourth-order valence-corrected chi connectivity index (χ4v) is 5.15. The van der Waals surface area contributed by atoms with Crippen LogP contribution < -0.4 is 5.43 Å². The molecule has 0 aliphatic carbocycles. The van der Waals surface area contributed by atoms with Gasteiger partial charge in [-0.05, 0) is 68.1 Å². The standard InChI is InChI=1S/C33H20O2/c34-33-29-19-23(27-13-5-9-21-7-1-3-11-25(21)27)15-17-31(29)35-32-18-16-24(20-30(32)33)28-14-6-10-22-8-2-4-12-26(22)28/h1-20H. The molecule has 0 bridgehead atoms. The molecule has 0 aliphatic heterocycles. The quantitative estimate of drug-likeness (QED) is 0.248. The van der Waals surface area contributed by atoms with Crippen molar-refractivity contribution in [1.82, 2.24) is 0 Å². The summed E-state index contributed by atoms with van der Waals surface area (Å²) in [6.07, 6.45) is 0. The molecule has 0 aliphatic rings. The lowest BCUT2D eigenvalue weighted by Gasteiger charge is -2.10. The molecule has 0 saturated carbocycles. The van der Waals surface area contributed by atoms with E-state index in [0.717, 1.165) is 33.0 Å². The molecule has 0 radical (unpaired) electrons. The van der Waals surface area contributed by atoms with Crippen LogP contribution in [0, 0.1) is 0 Å². The maximum atomic E-state index is 13.7. The Hall–Kier alpha value is -4.69. The topological polar surface area (TPSA) is 30.2 Å². The summed E-state index contributed by atoms with van der Waals surface area (Å²) in [7, 11) is 0. The molecule has 6 aromatic carbocycles. The largest absolute Gasteiger partial charge is 0.456 e. The molecule has 0 N–H and O–H groups in total. The third-order valence-electron chi connectivity index (χ3n) is 6.87. The van der Waals surface area contributed by atoms with E-state index in [1.165, 1.54) is 10.8 Å². The minimum absolute atomic E-state index is 0.00887. The molecule has 0 saturated heterocycles. The summed E-state index contributed by atoms with van der Waals surface area (Å²) in [4.78, 5) is 13.7. The summed E-state index contributed by atoms with van der Waals surface area (Å²) in [5, 5.41) is 5.87. The van der Waals surface area contributed by atoms with Crippen LogP contribution in [0.2, 0.25) is 0 Å². The molecule has 0 spiro atoms. The van der Waals surface area contributed by atoms with Crippen LogP contribution in [-0.2, 0) is 0 Å². The first kappa shape index (κ1) is 19.7. The maximum absolute atomic E-state index is 13.7. The normalized spacial score (nSPS) is 11.5. The van der Waals surface area contributed by atoms with E-state index in [1.807, 2.05) is 60.7 Å². The first-order valence-corrected chi connectivity index (χ1v) is 11.7. The molecular weight excluding hydrogens is 428 g/mol. The SMILES string of the molecule is O=c1c2cc(-c3cccc4ccccc34)ccc2oc2ccc(-c3cccc4ccccc34)cc12. The predicted octanol–water partition coefficient (Wildman–Crippen LogP) is 8.59. The lowest BCUT2D eigenvalue weighted by Crippen LogP contribution is -2.02. The van der Waals surface area contributed by atoms with Crippen LogP contribution in [0.15, 0.2) is 131 Å². The van der Waals surface area contributed by atoms with Crippen molar-refractivity contribution >= 4 is 43.5 Å². The summed E-state index contributed by atoms with van der Waals surface area (Å²) < 4.78 is 6.18. The van der Waals surface area contributed by atoms with Gasteiger partial charge in [0.2, 0.25) is 5.43 Å². The Morgan fingerprint density at radius 3 is 1.40 bits per heavy atom. The summed E-state index contributed by atoms with van der Waals surface area (Å²) in [6.45, 7) is 0. The Labute approximate surface area is 201 Å². The van der Waals surface area contributed by atoms with Crippen molar-refractivity contribution in [2.24, 2.45) is 0 Å². The third kappa shape index (κ3) is 3.15. The van der Waals surface area contributed by atoms with Crippen LogP contribution in [0.3, 0.4) is 0 Å². The molecule has 0 unspecified atom stereocenters. The Balaban J connectivity index is 1.45. The average Bonchev–Trinajstić information content (AvgIpc) is 2.92. The van der Waals surface area contributed by atoms with Crippen LogP contribution >= 0.6 is 0 Å². The lowest BCUT2D eigenvalue weighted by molar-refractivity contribution is 0.660. The molecule has 1 heterocycles. The van der Waals surface area contributed by atoms with Gasteiger partial charge in [-0.15, -0.1) is 0 Å². The monoisotopic (exact) mass is 448 g/mol. The first-order chi connectivity index (χ1) is 17.3. The van der Waals surface area contributed by atoms with Crippen molar-refractivity contribution in [3.8, 4) is 22.3 Å². The van der Waals surface area contributed by atoms with Gasteiger partial charge < -0.3 is 4.42 Å². The lowest BCUT2D eigenvalue weighted by atomic mass is 9.96. The summed E-state index contributed by atoms with van der Waals surface area (Å²) in [6, 6.07) is 41.0. The molecular formula is C33H20O2. The van der Waals surface area contributed by atoms with Crippen LogP contribution in [0.4, 0.5) is 0 Å². The van der Waals surface area contributed by atoms with E-state index in [4.69, 9.17) is 4.42 Å². The molecule has 0 amide bonds. The molecule has 164 valence electrons. The maximum Gasteiger partial charge on any atom is 0.200 e. The van der Waals surface area contributed by atoms with Crippen LogP contribution in [0.25, 0.3) is 65.7 Å². The van der Waals surface area contributed by atoms with Crippen molar-refractivity contribution < 1.29 is 4.42 Å². The summed E-state index contributed by atoms with van der Waals surface area (Å²) in [5.41, 5.74) is 5.42. The molecule has 2 heteroatoms. The van der Waals surface area contributed by atoms with Gasteiger partial charge in [-0.25, -0.2) is 0 Å². The van der Waals surface area contributed by atoms with Crippen molar-refractivity contribution in [2.75, 3.05) is 0 Å². The molecule has 7 rings (SSSR count). The smallest absolute Gasteiger partial charge is 0.200 e. The minimum Gasteiger partial charge on any atom is -0.456 e. The molecule has 2 nitrogen and oxygen atoms in total. The van der Waals surface area contributed by atoms with Gasteiger partial charge in [0.15, 0.2) is 0 Å². The summed E-state index contributed by atoms with van der Waals surface area (Å²) in [5.74, 6) is 0. The Morgan fingerprint density at radius 2 is 0.886 bits per heavy atom. The van der Waals surface area contributed by atoms with Gasteiger partial charge >= 0.3 is 0 Å². The number of benzene rings is 6. The van der Waals surface area contributed by atoms with Gasteiger partial charge in [-0.3, -0.25) is 4.79 Å². The third-order valence-corrected chi connectivity index (χ3v) is 6.87. The highest BCUT2D eigenvalue weighted by molar-refractivity contribution is 6.01. The van der Waals surface area contributed by atoms with Gasteiger partial charge in [-0.1, -0.05) is 97.1 Å². The predicted molar refractivity (Wildman–Crippen MR) is 146 cm³/mol. The number of fused-ring (bicyclic) bond motifs is 4. The number of rotatable bonds is 2. The van der Waals surface area contributed by atoms with Gasteiger partial charge in [-0.2, -0.15) is 0 Å². The van der Waals surface area contributed by atoms with E-state index >= 15 is 0 Å². The number of hydrogen-bond acceptors (Lipinski definition) is 2. The van der Waals surface area contributed by atoms with Gasteiger partial charge in [0.25, 0.3) is 0 Å². The van der Waals surface area contributed by atoms with E-state index in [-0.39, 0.29) is 5.43 Å². The van der Waals surface area contributed by atoms with E-state index in [9.17, 15) is 4.79 Å². The van der Waals surface area contributed by atoms with Crippen molar-refractivity contribution in [1.29, 1.82) is 0 Å². The Kier molecular flexibility index (Phi) is 4.33. The zero-order valence-corrected chi connectivity index (χ0v) is 18.9. The molecule has 35 heavy (non-hydrogen) atoms. The second-order valence-electron chi connectivity index (χ2n) is 8.91. The first-order valence-electron chi connectivity index (χ1n) is 11.7. The Morgan fingerprint density at radius 1 is 0.429 bits per heavy atom. The Bertz CT molecular complexity index is 1830. The van der Waals surface area contributed by atoms with Crippen LogP contribution in [-0.4, -0.2) is 0 Å². The van der Waals surface area contributed by atoms with E-state index in [2.05, 4.69) is 60.7 Å². The van der Waals surface area contributed by atoms with Crippen molar-refractivity contribution in [3.63, 3.8) is 0 Å². The second-order valence-corrected chi connectivity index (χ2v) is 8.91. The molecule has 1 aromatic heterocycles. The summed E-state index contributed by atoms with van der Waals surface area (Å²) >= 11 is 0. The van der Waals surface area contributed by atoms with Crippen LogP contribution in [0.5, 0.6) is 0 Å². The fourth-order valence-electron chi connectivity index (χ4n) is 5.15. The average molecular weight is 449 g/mol. The molecule has 0 fully saturated rings. The van der Waals surface area contributed by atoms with Crippen molar-refractivity contribution in [2.45, 2.75) is 0 Å². The number of hydrogen-bond donors (Lipinski definition) is 0. The van der Waals surface area contributed by atoms with Crippen LogP contribution in [0.1, 0.15) is 0 Å². The second kappa shape index (κ2) is 7.68. The van der Waals surface area contributed by atoms with E-state index in [0.29, 0.717) is 21.9 Å². The highest BCUT2D eigenvalue weighted by atomic mass is 16.3. The molecule has 7 aromatic rings. The molecule has 0 atom stereocenters. The highest BCUT2D eigenvalue weighted by Crippen LogP contribution is 2.33. The fraction of sp³-hybridized carbons (Fsp3) is 0. The van der Waals surface area contributed by atoms with Crippen molar-refractivity contribution in [3.05, 3.63) is 132 Å². The minimum atomic E-state index is -0.00887. The zero-order chi connectivity index (χ0) is 23.4. The zero-order valence-electron chi connectivity index (χ0n) is 18.9. The van der Waals surface area contributed by atoms with Gasteiger partial charge in [0.1, 0.15) is 11.2 Å². The highest BCUT2D eigenvalue weighted by Gasteiger charge is 2.12. The van der Waals surface area contributed by atoms with E-state index < -0.39 is 0 Å².